The molecule has 19 heavy (non-hydrogen) atoms. The van der Waals surface area contributed by atoms with Crippen LogP contribution in [-0.4, -0.2) is 34.7 Å². The fourth-order valence-corrected chi connectivity index (χ4v) is 1.46. The number of nitrogens with one attached hydrogen (secondary N) is 2. The van der Waals surface area contributed by atoms with Gasteiger partial charge in [0.05, 0.1) is 5.92 Å². The van der Waals surface area contributed by atoms with Crippen molar-refractivity contribution in [3.8, 4) is 0 Å². The summed E-state index contributed by atoms with van der Waals surface area (Å²) < 4.78 is 0. The summed E-state index contributed by atoms with van der Waals surface area (Å²) in [6.07, 6.45) is 4.12. The van der Waals surface area contributed by atoms with E-state index in [2.05, 4.69) is 15.6 Å². The third-order valence-electron chi connectivity index (χ3n) is 2.92. The fourth-order valence-electron chi connectivity index (χ4n) is 1.46. The first-order valence-corrected chi connectivity index (χ1v) is 6.16. The minimum Gasteiger partial charge on any atom is -0.481 e. The van der Waals surface area contributed by atoms with Gasteiger partial charge in [-0.3, -0.25) is 9.78 Å². The van der Waals surface area contributed by atoms with Crippen molar-refractivity contribution in [2.45, 2.75) is 26.3 Å². The molecule has 0 aromatic carbocycles. The number of aliphatic carboxylic acids is 1. The summed E-state index contributed by atoms with van der Waals surface area (Å²) in [5.41, 5.74) is 1.04. The first kappa shape index (κ1) is 14.9. The maximum Gasteiger partial charge on any atom is 0.315 e. The number of pyridine rings is 1. The lowest BCUT2D eigenvalue weighted by atomic mass is 10.0. The van der Waals surface area contributed by atoms with Gasteiger partial charge in [-0.15, -0.1) is 0 Å². The highest BCUT2D eigenvalue weighted by Crippen LogP contribution is 2.01. The largest absolute Gasteiger partial charge is 0.481 e. The van der Waals surface area contributed by atoms with Crippen LogP contribution < -0.4 is 10.6 Å². The van der Waals surface area contributed by atoms with Crippen LogP contribution in [-0.2, 0) is 11.2 Å². The minimum absolute atomic E-state index is 0.357. The third-order valence-corrected chi connectivity index (χ3v) is 2.92. The van der Waals surface area contributed by atoms with Gasteiger partial charge in [-0.2, -0.15) is 0 Å². The van der Waals surface area contributed by atoms with Gasteiger partial charge in [-0.1, -0.05) is 6.07 Å². The number of carboxylic acids is 1. The lowest BCUT2D eigenvalue weighted by Crippen LogP contribution is -2.45. The number of carboxylic acid groups (broad SMARTS) is 1. The highest BCUT2D eigenvalue weighted by atomic mass is 16.4. The molecular formula is C13H19N3O3. The van der Waals surface area contributed by atoms with E-state index in [1.54, 1.807) is 26.2 Å². The van der Waals surface area contributed by atoms with Crippen LogP contribution in [0.25, 0.3) is 0 Å². The second-order valence-corrected chi connectivity index (χ2v) is 4.43. The Bertz CT molecular complexity index is 422. The average molecular weight is 265 g/mol. The average Bonchev–Trinajstić information content (AvgIpc) is 2.38. The number of amides is 2. The van der Waals surface area contributed by atoms with Crippen molar-refractivity contribution in [1.29, 1.82) is 0 Å². The molecule has 0 aliphatic rings. The van der Waals surface area contributed by atoms with Crippen LogP contribution in [0.4, 0.5) is 4.79 Å². The molecule has 0 fully saturated rings. The van der Waals surface area contributed by atoms with Crippen LogP contribution in [0, 0.1) is 5.92 Å². The molecule has 2 unspecified atom stereocenters. The van der Waals surface area contributed by atoms with Gasteiger partial charge < -0.3 is 15.7 Å². The summed E-state index contributed by atoms with van der Waals surface area (Å²) in [6, 6.07) is 2.99. The molecule has 0 spiro atoms. The number of urea groups is 1. The summed E-state index contributed by atoms with van der Waals surface area (Å²) in [7, 11) is 0. The lowest BCUT2D eigenvalue weighted by molar-refractivity contribution is -0.141. The van der Waals surface area contributed by atoms with Gasteiger partial charge in [0.25, 0.3) is 0 Å². The number of carbonyl (C=O) groups is 2. The molecule has 2 atom stereocenters. The van der Waals surface area contributed by atoms with Crippen molar-refractivity contribution in [2.24, 2.45) is 5.92 Å². The van der Waals surface area contributed by atoms with Crippen molar-refractivity contribution in [2.75, 3.05) is 6.54 Å². The number of nitrogens with zero attached hydrogens (tertiary/aromatic N) is 1. The zero-order valence-corrected chi connectivity index (χ0v) is 11.1. The van der Waals surface area contributed by atoms with E-state index in [0.717, 1.165) is 5.56 Å². The van der Waals surface area contributed by atoms with Crippen LogP contribution in [0.2, 0.25) is 0 Å². The van der Waals surface area contributed by atoms with E-state index in [1.165, 1.54) is 0 Å². The van der Waals surface area contributed by atoms with Crippen molar-refractivity contribution in [1.82, 2.24) is 15.6 Å². The Hall–Kier alpha value is -2.11. The van der Waals surface area contributed by atoms with Crippen LogP contribution in [0.15, 0.2) is 24.5 Å². The number of rotatable bonds is 6. The first-order chi connectivity index (χ1) is 9.00. The number of aromatic nitrogens is 1. The molecule has 0 aliphatic carbocycles. The van der Waals surface area contributed by atoms with Crippen LogP contribution in [0.1, 0.15) is 19.4 Å². The smallest absolute Gasteiger partial charge is 0.315 e. The van der Waals surface area contributed by atoms with E-state index < -0.39 is 17.9 Å². The zero-order chi connectivity index (χ0) is 14.3. The van der Waals surface area contributed by atoms with E-state index in [4.69, 9.17) is 5.11 Å². The van der Waals surface area contributed by atoms with Gasteiger partial charge in [0.15, 0.2) is 0 Å². The predicted octanol–water partition coefficient (Wildman–Crippen LogP) is 1.03. The highest BCUT2D eigenvalue weighted by molar-refractivity contribution is 5.76. The molecule has 6 nitrogen and oxygen atoms in total. The molecule has 1 aromatic rings. The Balaban J connectivity index is 2.26. The van der Waals surface area contributed by atoms with Crippen molar-refractivity contribution < 1.29 is 14.7 Å². The van der Waals surface area contributed by atoms with Crippen molar-refractivity contribution in [3.63, 3.8) is 0 Å². The molecule has 0 bridgehead atoms. The van der Waals surface area contributed by atoms with E-state index in [-0.39, 0.29) is 6.03 Å². The molecular weight excluding hydrogens is 246 g/mol. The number of carbonyl (C=O) groups excluding carboxylic acids is 1. The summed E-state index contributed by atoms with van der Waals surface area (Å²) in [4.78, 5) is 26.3. The van der Waals surface area contributed by atoms with E-state index in [9.17, 15) is 9.59 Å². The summed E-state index contributed by atoms with van der Waals surface area (Å²) >= 11 is 0. The second kappa shape index (κ2) is 7.35. The van der Waals surface area contributed by atoms with Gasteiger partial charge in [0.1, 0.15) is 0 Å². The second-order valence-electron chi connectivity index (χ2n) is 4.43. The monoisotopic (exact) mass is 265 g/mol. The molecule has 0 saturated heterocycles. The summed E-state index contributed by atoms with van der Waals surface area (Å²) in [6.45, 7) is 3.70. The SMILES string of the molecule is CC(NC(=O)NCCc1cccnc1)C(C)C(=O)O. The molecule has 1 heterocycles. The van der Waals surface area contributed by atoms with Crippen molar-refractivity contribution >= 4 is 12.0 Å². The summed E-state index contributed by atoms with van der Waals surface area (Å²) in [5, 5.41) is 14.1. The lowest BCUT2D eigenvalue weighted by Gasteiger charge is -2.18. The Morgan fingerprint density at radius 2 is 2.16 bits per heavy atom. The van der Waals surface area contributed by atoms with Crippen molar-refractivity contribution in [3.05, 3.63) is 30.1 Å². The quantitative estimate of drug-likeness (QED) is 0.716. The molecule has 6 heteroatoms. The van der Waals surface area contributed by atoms with Gasteiger partial charge in [-0.25, -0.2) is 4.79 Å². The predicted molar refractivity (Wildman–Crippen MR) is 70.7 cm³/mol. The molecule has 3 N–H and O–H groups in total. The van der Waals surface area contributed by atoms with Gasteiger partial charge >= 0.3 is 12.0 Å². The maximum atomic E-state index is 11.5. The molecule has 104 valence electrons. The molecule has 0 saturated carbocycles. The Kier molecular flexibility index (Phi) is 5.78. The van der Waals surface area contributed by atoms with E-state index >= 15 is 0 Å². The zero-order valence-electron chi connectivity index (χ0n) is 11.1. The van der Waals surface area contributed by atoms with Gasteiger partial charge in [0.2, 0.25) is 0 Å². The molecule has 0 aliphatic heterocycles. The Labute approximate surface area is 112 Å². The van der Waals surface area contributed by atoms with Crippen LogP contribution in [0.3, 0.4) is 0 Å². The van der Waals surface area contributed by atoms with Gasteiger partial charge in [0, 0.05) is 25.0 Å². The first-order valence-electron chi connectivity index (χ1n) is 6.16. The van der Waals surface area contributed by atoms with E-state index in [1.807, 2.05) is 12.1 Å². The topological polar surface area (TPSA) is 91.3 Å². The molecule has 1 rings (SSSR count). The summed E-state index contributed by atoms with van der Waals surface area (Å²) in [5.74, 6) is -1.55. The van der Waals surface area contributed by atoms with E-state index in [0.29, 0.717) is 13.0 Å². The standard InChI is InChI=1S/C13H19N3O3/c1-9(12(17)18)10(2)16-13(19)15-7-5-11-4-3-6-14-8-11/h3-4,6,8-10H,5,7H2,1-2H3,(H,17,18)(H2,15,16,19). The normalized spacial score (nSPS) is 13.4. The fraction of sp³-hybridized carbons (Fsp3) is 0.462. The molecule has 1 aromatic heterocycles. The maximum absolute atomic E-state index is 11.5. The van der Waals surface area contributed by atoms with Crippen LogP contribution >= 0.6 is 0 Å². The third kappa shape index (κ3) is 5.37. The Morgan fingerprint density at radius 3 is 2.74 bits per heavy atom. The Morgan fingerprint density at radius 1 is 1.42 bits per heavy atom. The number of hydrogen-bond acceptors (Lipinski definition) is 3. The molecule has 0 radical (unpaired) electrons. The highest BCUT2D eigenvalue weighted by Gasteiger charge is 2.20. The minimum atomic E-state index is -0.928. The molecule has 2 amide bonds. The number of hydrogen-bond donors (Lipinski definition) is 3. The van der Waals surface area contributed by atoms with Crippen LogP contribution in [0.5, 0.6) is 0 Å². The van der Waals surface area contributed by atoms with Gasteiger partial charge in [-0.05, 0) is 31.9 Å².